The lowest BCUT2D eigenvalue weighted by Gasteiger charge is -2.16. The lowest BCUT2D eigenvalue weighted by atomic mass is 10.1. The number of nitrogens with zero attached hydrogens (tertiary/aromatic N) is 3. The summed E-state index contributed by atoms with van der Waals surface area (Å²) in [6, 6.07) is 11.9. The Labute approximate surface area is 154 Å². The van der Waals surface area contributed by atoms with Crippen molar-refractivity contribution in [3.63, 3.8) is 0 Å². The van der Waals surface area contributed by atoms with Gasteiger partial charge in [-0.05, 0) is 30.7 Å². The maximum atomic E-state index is 12.9. The van der Waals surface area contributed by atoms with E-state index in [0.717, 1.165) is 17.0 Å². The van der Waals surface area contributed by atoms with Crippen LogP contribution in [0.1, 0.15) is 15.9 Å². The van der Waals surface area contributed by atoms with Crippen molar-refractivity contribution in [3.8, 4) is 5.75 Å². The minimum Gasteiger partial charge on any atom is -0.490 e. The van der Waals surface area contributed by atoms with Gasteiger partial charge in [0.2, 0.25) is 0 Å². The normalized spacial score (nSPS) is 15.3. The first kappa shape index (κ1) is 17.9. The van der Waals surface area contributed by atoms with Crippen molar-refractivity contribution in [2.24, 2.45) is 4.99 Å². The van der Waals surface area contributed by atoms with E-state index in [2.05, 4.69) is 4.99 Å². The summed E-state index contributed by atoms with van der Waals surface area (Å²) < 4.78 is 4.99. The number of ether oxygens (including phenoxy) is 1. The highest BCUT2D eigenvalue weighted by Crippen LogP contribution is 2.30. The van der Waals surface area contributed by atoms with E-state index in [0.29, 0.717) is 11.7 Å². The van der Waals surface area contributed by atoms with Crippen LogP contribution in [-0.2, 0) is 0 Å². The Bertz CT molecular complexity index is 898. The van der Waals surface area contributed by atoms with Gasteiger partial charge >= 0.3 is 5.69 Å². The van der Waals surface area contributed by atoms with E-state index in [4.69, 9.17) is 4.74 Å². The summed E-state index contributed by atoms with van der Waals surface area (Å²) in [5, 5.41) is 11.8. The monoisotopic (exact) mass is 371 g/mol. The van der Waals surface area contributed by atoms with Crippen molar-refractivity contribution in [2.45, 2.75) is 6.92 Å². The molecule has 0 aromatic heterocycles. The van der Waals surface area contributed by atoms with E-state index in [-0.39, 0.29) is 22.9 Å². The smallest absolute Gasteiger partial charge is 0.311 e. The largest absolute Gasteiger partial charge is 0.490 e. The molecule has 1 aliphatic rings. The summed E-state index contributed by atoms with van der Waals surface area (Å²) in [5.74, 6) is 0.540. The Hall–Kier alpha value is -2.87. The van der Waals surface area contributed by atoms with Gasteiger partial charge in [0.1, 0.15) is 0 Å². The molecule has 0 N–H and O–H groups in total. The van der Waals surface area contributed by atoms with Crippen molar-refractivity contribution < 1.29 is 14.5 Å². The van der Waals surface area contributed by atoms with E-state index >= 15 is 0 Å². The van der Waals surface area contributed by atoms with E-state index in [1.165, 1.54) is 37.1 Å². The van der Waals surface area contributed by atoms with Gasteiger partial charge in [0, 0.05) is 23.9 Å². The number of carbonyl (C=O) groups is 1. The molecule has 0 unspecified atom stereocenters. The number of benzene rings is 2. The number of carbonyl (C=O) groups excluding carboxylic acids is 1. The molecule has 0 atom stereocenters. The molecular formula is C18H17N3O4S. The molecule has 1 saturated heterocycles. The molecule has 134 valence electrons. The molecule has 0 spiro atoms. The highest BCUT2D eigenvalue weighted by Gasteiger charge is 2.28. The number of amides is 1. The molecular weight excluding hydrogens is 354 g/mol. The van der Waals surface area contributed by atoms with Crippen molar-refractivity contribution in [1.29, 1.82) is 0 Å². The number of aryl methyl sites for hydroxylation is 1. The highest BCUT2D eigenvalue weighted by molar-refractivity contribution is 8.14. The first-order chi connectivity index (χ1) is 12.5. The number of rotatable bonds is 4. The van der Waals surface area contributed by atoms with Crippen LogP contribution in [0.15, 0.2) is 47.5 Å². The highest BCUT2D eigenvalue weighted by atomic mass is 32.2. The first-order valence-corrected chi connectivity index (χ1v) is 8.91. The predicted octanol–water partition coefficient (Wildman–Crippen LogP) is 3.79. The number of nitro groups is 1. The van der Waals surface area contributed by atoms with Crippen LogP contribution in [-0.4, -0.2) is 40.3 Å². The van der Waals surface area contributed by atoms with Crippen molar-refractivity contribution >= 4 is 34.2 Å². The molecule has 1 amide bonds. The summed E-state index contributed by atoms with van der Waals surface area (Å²) in [5.41, 5.74) is 1.82. The third kappa shape index (κ3) is 3.55. The zero-order chi connectivity index (χ0) is 18.7. The second kappa shape index (κ2) is 7.57. The van der Waals surface area contributed by atoms with Gasteiger partial charge in [-0.2, -0.15) is 0 Å². The van der Waals surface area contributed by atoms with E-state index < -0.39 is 4.92 Å². The van der Waals surface area contributed by atoms with Gasteiger partial charge in [-0.15, -0.1) is 0 Å². The molecule has 0 radical (unpaired) electrons. The van der Waals surface area contributed by atoms with Crippen LogP contribution in [0.25, 0.3) is 0 Å². The number of thioether (sulfide) groups is 1. The van der Waals surface area contributed by atoms with Gasteiger partial charge in [0.25, 0.3) is 5.91 Å². The Morgan fingerprint density at radius 3 is 2.77 bits per heavy atom. The molecule has 1 heterocycles. The number of nitro benzene ring substituents is 1. The molecule has 0 saturated carbocycles. The number of para-hydroxylation sites is 1. The van der Waals surface area contributed by atoms with Gasteiger partial charge < -0.3 is 4.74 Å². The number of methoxy groups -OCH3 is 1. The summed E-state index contributed by atoms with van der Waals surface area (Å²) in [6.07, 6.45) is 0. The fourth-order valence-electron chi connectivity index (χ4n) is 2.60. The molecule has 7 nitrogen and oxygen atoms in total. The molecule has 8 heteroatoms. The third-order valence-electron chi connectivity index (χ3n) is 3.98. The van der Waals surface area contributed by atoms with E-state index in [9.17, 15) is 14.9 Å². The molecule has 1 fully saturated rings. The summed E-state index contributed by atoms with van der Waals surface area (Å²) in [4.78, 5) is 29.7. The molecule has 0 bridgehead atoms. The van der Waals surface area contributed by atoms with Crippen LogP contribution in [0.4, 0.5) is 11.4 Å². The minimum atomic E-state index is -0.559. The Morgan fingerprint density at radius 1 is 1.31 bits per heavy atom. The van der Waals surface area contributed by atoms with Crippen LogP contribution >= 0.6 is 11.8 Å². The van der Waals surface area contributed by atoms with Gasteiger partial charge in [-0.1, -0.05) is 30.0 Å². The average molecular weight is 371 g/mol. The molecule has 2 aromatic rings. The minimum absolute atomic E-state index is 0.121. The van der Waals surface area contributed by atoms with Crippen LogP contribution in [0.3, 0.4) is 0 Å². The number of hydrogen-bond acceptors (Lipinski definition) is 6. The third-order valence-corrected chi connectivity index (χ3v) is 4.93. The van der Waals surface area contributed by atoms with E-state index in [1.807, 2.05) is 31.2 Å². The zero-order valence-electron chi connectivity index (χ0n) is 14.3. The lowest BCUT2D eigenvalue weighted by Crippen LogP contribution is -2.31. The summed E-state index contributed by atoms with van der Waals surface area (Å²) >= 11 is 1.49. The molecule has 1 aliphatic heterocycles. The maximum Gasteiger partial charge on any atom is 0.311 e. The SMILES string of the molecule is COc1ccc(C(=O)N2CCSC2=Nc2ccccc2C)cc1[N+](=O)[O-]. The lowest BCUT2D eigenvalue weighted by molar-refractivity contribution is -0.385. The Morgan fingerprint density at radius 2 is 2.08 bits per heavy atom. The average Bonchev–Trinajstić information content (AvgIpc) is 3.10. The predicted molar refractivity (Wildman–Crippen MR) is 101 cm³/mol. The van der Waals surface area contributed by atoms with Crippen LogP contribution in [0, 0.1) is 17.0 Å². The molecule has 26 heavy (non-hydrogen) atoms. The van der Waals surface area contributed by atoms with Gasteiger partial charge in [-0.3, -0.25) is 19.8 Å². The summed E-state index contributed by atoms with van der Waals surface area (Å²) in [7, 11) is 1.36. The van der Waals surface area contributed by atoms with Crippen molar-refractivity contribution in [1.82, 2.24) is 4.90 Å². The molecule has 0 aliphatic carbocycles. The standard InChI is InChI=1S/C18H17N3O4S/c1-12-5-3-4-6-14(12)19-18-20(9-10-26-18)17(22)13-7-8-16(25-2)15(11-13)21(23)24/h3-8,11H,9-10H2,1-2H3. The van der Waals surface area contributed by atoms with Crippen LogP contribution in [0.5, 0.6) is 5.75 Å². The molecule has 3 rings (SSSR count). The Kier molecular flexibility index (Phi) is 5.22. The number of amidine groups is 1. The van der Waals surface area contributed by atoms with Crippen molar-refractivity contribution in [3.05, 3.63) is 63.7 Å². The zero-order valence-corrected chi connectivity index (χ0v) is 15.2. The fourth-order valence-corrected chi connectivity index (χ4v) is 3.55. The second-order valence-corrected chi connectivity index (χ2v) is 6.69. The molecule has 2 aromatic carbocycles. The maximum absolute atomic E-state index is 12.9. The van der Waals surface area contributed by atoms with E-state index in [1.54, 1.807) is 4.90 Å². The quantitative estimate of drug-likeness (QED) is 0.603. The number of hydrogen-bond donors (Lipinski definition) is 0. The van der Waals surface area contributed by atoms with Gasteiger partial charge in [0.05, 0.1) is 17.7 Å². The van der Waals surface area contributed by atoms with Gasteiger partial charge in [-0.25, -0.2) is 4.99 Å². The first-order valence-electron chi connectivity index (χ1n) is 7.92. The van der Waals surface area contributed by atoms with Crippen LogP contribution < -0.4 is 4.74 Å². The second-order valence-electron chi connectivity index (χ2n) is 5.63. The van der Waals surface area contributed by atoms with Crippen LogP contribution in [0.2, 0.25) is 0 Å². The topological polar surface area (TPSA) is 85.0 Å². The fraction of sp³-hybridized carbons (Fsp3) is 0.222. The Balaban J connectivity index is 1.93. The van der Waals surface area contributed by atoms with Crippen molar-refractivity contribution in [2.75, 3.05) is 19.4 Å². The summed E-state index contributed by atoms with van der Waals surface area (Å²) in [6.45, 7) is 2.46. The number of aliphatic imine (C=N–C) groups is 1. The van der Waals surface area contributed by atoms with Gasteiger partial charge in [0.15, 0.2) is 10.9 Å².